The molecule has 0 heterocycles. The van der Waals surface area contributed by atoms with E-state index in [0.29, 0.717) is 7.25 Å². The van der Waals surface area contributed by atoms with Crippen LogP contribution in [0.25, 0.3) is 12.2 Å². The van der Waals surface area contributed by atoms with Gasteiger partial charge in [-0.1, -0.05) is 0 Å². The van der Waals surface area contributed by atoms with Gasteiger partial charge in [-0.05, 0) is 0 Å². The fourth-order valence-corrected chi connectivity index (χ4v) is 20.6. The summed E-state index contributed by atoms with van der Waals surface area (Å²) in [4.78, 5) is 0. The zero-order valence-corrected chi connectivity index (χ0v) is 42.0. The number of allylic oxidation sites excluding steroid dienone is 10. The minimum absolute atomic E-state index is 0. The summed E-state index contributed by atoms with van der Waals surface area (Å²) in [6.45, 7) is 31.1. The second-order valence-electron chi connectivity index (χ2n) is 18.2. The molecule has 0 amide bonds. The van der Waals surface area contributed by atoms with Crippen LogP contribution in [0.4, 0.5) is 0 Å². The molecule has 0 radical (unpaired) electrons. The van der Waals surface area contributed by atoms with Crippen molar-refractivity contribution < 1.29 is 44.5 Å². The van der Waals surface area contributed by atoms with E-state index in [9.17, 15) is 0 Å². The maximum absolute atomic E-state index is 2.58. The van der Waals surface area contributed by atoms with Gasteiger partial charge >= 0.3 is 316 Å². The fourth-order valence-electron chi connectivity index (χ4n) is 8.26. The standard InChI is InChI=1S/2C13H21.2C9H7.C2H4.4ClH.2Zr/c2*1-12(2,3)10-8-7-9-11(10)13(4,5)6;2*1-2-5-9-7-3-6-8(9)4-1;1-2;;;;;;/h2*8H,7H2,1-6H3;2*1-7H;1H,2H3;4*1H;;. The third-order valence-corrected chi connectivity index (χ3v) is 21.6. The Morgan fingerprint density at radius 1 is 0.538 bits per heavy atom. The van der Waals surface area contributed by atoms with Crippen LogP contribution in [0.5, 0.6) is 0 Å². The zero-order chi connectivity index (χ0) is 35.2. The second-order valence-corrected chi connectivity index (χ2v) is 28.7. The Labute approximate surface area is 362 Å². The van der Waals surface area contributed by atoms with Crippen LogP contribution in [-0.2, 0) is 44.5 Å². The van der Waals surface area contributed by atoms with Crippen LogP contribution >= 0.6 is 49.6 Å². The Morgan fingerprint density at radius 2 is 0.885 bits per heavy atom. The SMILES string of the molecule is CC(C)(C)C1=CC[C]([Zr][C]2=C(C(C)(C)C)C(C(C)(C)C)=CC2)=C1C(C)(C)C.C[CH]=[Zr]([CH]1C=Cc2ccccc21)[CH]1C=Cc2ccccc21.Cl.Cl.Cl.Cl. The molecule has 0 saturated heterocycles. The van der Waals surface area contributed by atoms with Crippen LogP contribution in [0.15, 0.2) is 102 Å². The van der Waals surface area contributed by atoms with Gasteiger partial charge in [0.05, 0.1) is 0 Å². The van der Waals surface area contributed by atoms with Crippen molar-refractivity contribution in [2.45, 2.75) is 110 Å². The van der Waals surface area contributed by atoms with Crippen LogP contribution in [-0.4, -0.2) is 3.71 Å². The van der Waals surface area contributed by atoms with Crippen molar-refractivity contribution in [1.82, 2.24) is 0 Å². The quantitative estimate of drug-likeness (QED) is 0.287. The third-order valence-electron chi connectivity index (χ3n) is 10.2. The van der Waals surface area contributed by atoms with Crippen LogP contribution in [0.1, 0.15) is 132 Å². The molecule has 284 valence electrons. The van der Waals surface area contributed by atoms with Crippen molar-refractivity contribution in [2.24, 2.45) is 21.7 Å². The molecule has 0 nitrogen and oxygen atoms in total. The molecule has 52 heavy (non-hydrogen) atoms. The summed E-state index contributed by atoms with van der Waals surface area (Å²) >= 11 is -2.52. The first-order valence-corrected chi connectivity index (χ1v) is 24.9. The Hall–Kier alpha value is -0.324. The molecule has 2 aromatic rings. The van der Waals surface area contributed by atoms with E-state index in [4.69, 9.17) is 0 Å². The molecule has 0 N–H and O–H groups in total. The molecule has 4 aliphatic carbocycles. The van der Waals surface area contributed by atoms with E-state index >= 15 is 0 Å². The van der Waals surface area contributed by atoms with E-state index in [-0.39, 0.29) is 71.3 Å². The summed E-state index contributed by atoms with van der Waals surface area (Å²) < 4.78 is 7.62. The average molecular weight is 941 g/mol. The average Bonchev–Trinajstić information content (AvgIpc) is 3.78. The van der Waals surface area contributed by atoms with Gasteiger partial charge in [0.2, 0.25) is 0 Å². The normalized spacial score (nSPS) is 18.8. The Balaban J connectivity index is 0.000000492. The number of fused-ring (bicyclic) bond motifs is 2. The molecule has 0 fully saturated rings. The molecular weight excluding hydrogens is 877 g/mol. The Bertz CT molecular complexity index is 1660. The van der Waals surface area contributed by atoms with Crippen LogP contribution in [0, 0.1) is 21.7 Å². The maximum Gasteiger partial charge on any atom is -0.147 e. The first kappa shape index (κ1) is 49.7. The van der Waals surface area contributed by atoms with Crippen molar-refractivity contribution in [3.05, 3.63) is 124 Å². The van der Waals surface area contributed by atoms with Crippen LogP contribution < -0.4 is 0 Å². The summed E-state index contributed by atoms with van der Waals surface area (Å²) in [5, 5.41) is 0. The predicted molar refractivity (Wildman–Crippen MR) is 234 cm³/mol. The maximum atomic E-state index is 2.58. The number of hydrogen-bond donors (Lipinski definition) is 0. The van der Waals surface area contributed by atoms with Crippen molar-refractivity contribution >= 4 is 65.5 Å². The Kier molecular flexibility index (Phi) is 18.4. The smallest absolute Gasteiger partial charge is 0.147 e. The van der Waals surface area contributed by atoms with Gasteiger partial charge in [0.15, 0.2) is 0 Å². The number of hydrogen-bond acceptors (Lipinski definition) is 0. The molecule has 6 rings (SSSR count). The van der Waals surface area contributed by atoms with Crippen LogP contribution in [0.3, 0.4) is 0 Å². The molecule has 4 aliphatic rings. The van der Waals surface area contributed by atoms with Crippen LogP contribution in [0.2, 0.25) is 0 Å². The molecule has 0 saturated carbocycles. The monoisotopic (exact) mass is 936 g/mol. The van der Waals surface area contributed by atoms with Crippen molar-refractivity contribution in [1.29, 1.82) is 0 Å². The van der Waals surface area contributed by atoms with E-state index < -0.39 is 44.5 Å². The second kappa shape index (κ2) is 19.2. The summed E-state index contributed by atoms with van der Waals surface area (Å²) in [5.41, 5.74) is 13.6. The van der Waals surface area contributed by atoms with Gasteiger partial charge in [0, 0.05) is 0 Å². The minimum atomic E-state index is -1.76. The van der Waals surface area contributed by atoms with Gasteiger partial charge in [-0.2, -0.15) is 0 Å². The summed E-state index contributed by atoms with van der Waals surface area (Å²) in [6.07, 6.45) is 17.1. The van der Waals surface area contributed by atoms with E-state index in [1.807, 2.05) is 6.56 Å². The van der Waals surface area contributed by atoms with Gasteiger partial charge in [-0.3, -0.25) is 0 Å². The van der Waals surface area contributed by atoms with Gasteiger partial charge < -0.3 is 0 Å². The van der Waals surface area contributed by atoms with Gasteiger partial charge in [-0.25, -0.2) is 0 Å². The summed E-state index contributed by atoms with van der Waals surface area (Å²) in [7, 11) is 0. The molecule has 2 aromatic carbocycles. The number of halogens is 4. The number of benzene rings is 2. The van der Waals surface area contributed by atoms with Crippen molar-refractivity contribution in [3.8, 4) is 0 Å². The molecule has 0 aromatic heterocycles. The van der Waals surface area contributed by atoms with Gasteiger partial charge in [0.1, 0.15) is 0 Å². The molecule has 0 bridgehead atoms. The molecule has 2 atom stereocenters. The Morgan fingerprint density at radius 3 is 1.19 bits per heavy atom. The van der Waals surface area contributed by atoms with E-state index in [1.54, 1.807) is 33.4 Å². The minimum Gasteiger partial charge on any atom is -0.147 e. The largest absolute Gasteiger partial charge is 0.147 e. The molecule has 0 spiro atoms. The van der Waals surface area contributed by atoms with E-state index in [2.05, 4.69) is 179 Å². The zero-order valence-electron chi connectivity index (χ0n) is 33.9. The fraction of sp³-hybridized carbons (Fsp3) is 0.457. The molecular formula is C46H64Cl4Zr2. The number of rotatable bonds is 4. The third kappa shape index (κ3) is 11.0. The van der Waals surface area contributed by atoms with E-state index in [1.165, 1.54) is 24.0 Å². The first-order chi connectivity index (χ1) is 22.3. The summed E-state index contributed by atoms with van der Waals surface area (Å²) in [6, 6.07) is 17.8. The van der Waals surface area contributed by atoms with E-state index in [0.717, 1.165) is 0 Å². The topological polar surface area (TPSA) is 0 Å². The predicted octanol–water partition coefficient (Wildman–Crippen LogP) is 15.1. The van der Waals surface area contributed by atoms with Gasteiger partial charge in [0.25, 0.3) is 0 Å². The van der Waals surface area contributed by atoms with Crippen molar-refractivity contribution in [3.63, 3.8) is 0 Å². The molecule has 6 heteroatoms. The molecule has 2 unspecified atom stereocenters. The van der Waals surface area contributed by atoms with Gasteiger partial charge in [-0.15, -0.1) is 49.6 Å². The first-order valence-electron chi connectivity index (χ1n) is 18.2. The summed E-state index contributed by atoms with van der Waals surface area (Å²) in [5.74, 6) is 0. The van der Waals surface area contributed by atoms with Crippen molar-refractivity contribution in [2.75, 3.05) is 0 Å². The molecule has 0 aliphatic heterocycles.